The van der Waals surface area contributed by atoms with Crippen molar-refractivity contribution in [2.45, 2.75) is 59.5 Å². The maximum Gasteiger partial charge on any atom is 0.242 e. The van der Waals surface area contributed by atoms with E-state index in [1.165, 1.54) is 4.31 Å². The van der Waals surface area contributed by atoms with Crippen LogP contribution < -0.4 is 9.62 Å². The van der Waals surface area contributed by atoms with Crippen molar-refractivity contribution >= 4 is 39.1 Å². The van der Waals surface area contributed by atoms with Gasteiger partial charge in [0.2, 0.25) is 21.8 Å². The minimum Gasteiger partial charge on any atom is -0.355 e. The third-order valence-corrected chi connectivity index (χ3v) is 7.22. The highest BCUT2D eigenvalue weighted by molar-refractivity contribution is 7.92. The number of nitrogens with one attached hydrogen (secondary N) is 1. The third-order valence-electron chi connectivity index (χ3n) is 5.80. The molecule has 0 bridgehead atoms. The maximum absolute atomic E-state index is 13.4. The quantitative estimate of drug-likeness (QED) is 0.447. The fourth-order valence-electron chi connectivity index (χ4n) is 3.94. The van der Waals surface area contributed by atoms with Gasteiger partial charge in [-0.3, -0.25) is 13.9 Å². The molecule has 0 spiro atoms. The number of nitrogens with zero attached hydrogens (tertiary/aromatic N) is 2. The van der Waals surface area contributed by atoms with Crippen molar-refractivity contribution in [1.82, 2.24) is 10.2 Å². The lowest BCUT2D eigenvalue weighted by Gasteiger charge is -2.31. The van der Waals surface area contributed by atoms with Crippen LogP contribution in [0.4, 0.5) is 5.69 Å². The van der Waals surface area contributed by atoms with Gasteiger partial charge in [0.25, 0.3) is 0 Å². The van der Waals surface area contributed by atoms with E-state index in [9.17, 15) is 18.0 Å². The first kappa shape index (κ1) is 28.7. The predicted octanol–water partition coefficient (Wildman–Crippen LogP) is 4.45. The zero-order valence-electron chi connectivity index (χ0n) is 21.2. The summed E-state index contributed by atoms with van der Waals surface area (Å²) in [6.45, 7) is 8.43. The number of benzene rings is 2. The lowest BCUT2D eigenvalue weighted by Crippen LogP contribution is -2.49. The molecule has 0 aliphatic heterocycles. The molecule has 0 aliphatic carbocycles. The summed E-state index contributed by atoms with van der Waals surface area (Å²) >= 11 is 6.11. The molecule has 192 valence electrons. The fraction of sp³-hybridized carbons (Fsp3) is 0.462. The summed E-state index contributed by atoms with van der Waals surface area (Å²) in [6.07, 6.45) is 2.02. The highest BCUT2D eigenvalue weighted by Crippen LogP contribution is 2.27. The first-order chi connectivity index (χ1) is 16.5. The van der Waals surface area contributed by atoms with E-state index >= 15 is 0 Å². The smallest absolute Gasteiger partial charge is 0.242 e. The number of amides is 2. The van der Waals surface area contributed by atoms with Crippen LogP contribution >= 0.6 is 11.6 Å². The molecule has 9 heteroatoms. The average molecular weight is 522 g/mol. The predicted molar refractivity (Wildman–Crippen MR) is 142 cm³/mol. The number of sulfonamides is 1. The summed E-state index contributed by atoms with van der Waals surface area (Å²) in [5.74, 6) is -0.386. The zero-order valence-corrected chi connectivity index (χ0v) is 22.7. The number of halogens is 1. The van der Waals surface area contributed by atoms with Crippen molar-refractivity contribution in [2.24, 2.45) is 0 Å². The van der Waals surface area contributed by atoms with Crippen LogP contribution in [0.5, 0.6) is 0 Å². The first-order valence-electron chi connectivity index (χ1n) is 11.8. The molecule has 0 unspecified atom stereocenters. The molecule has 0 fully saturated rings. The summed E-state index contributed by atoms with van der Waals surface area (Å²) < 4.78 is 26.3. The van der Waals surface area contributed by atoms with Crippen molar-refractivity contribution in [3.63, 3.8) is 0 Å². The van der Waals surface area contributed by atoms with Gasteiger partial charge in [0.15, 0.2) is 0 Å². The molecule has 2 aromatic carbocycles. The molecular formula is C26H36ClN3O4S. The molecule has 0 radical (unpaired) electrons. The second-order valence-corrected chi connectivity index (χ2v) is 11.0. The summed E-state index contributed by atoms with van der Waals surface area (Å²) in [4.78, 5) is 27.7. The molecule has 35 heavy (non-hydrogen) atoms. The van der Waals surface area contributed by atoms with Crippen LogP contribution in [0.15, 0.2) is 42.5 Å². The van der Waals surface area contributed by atoms with E-state index in [2.05, 4.69) is 5.32 Å². The van der Waals surface area contributed by atoms with Gasteiger partial charge in [-0.25, -0.2) is 8.42 Å². The Bertz CT molecular complexity index is 1120. The monoisotopic (exact) mass is 521 g/mol. The van der Waals surface area contributed by atoms with Gasteiger partial charge in [-0.1, -0.05) is 54.4 Å². The molecule has 0 aliphatic rings. The number of carbonyl (C=O) groups is 2. The summed E-state index contributed by atoms with van der Waals surface area (Å²) in [6, 6.07) is 12.3. The Morgan fingerprint density at radius 2 is 1.71 bits per heavy atom. The second kappa shape index (κ2) is 12.9. The van der Waals surface area contributed by atoms with E-state index < -0.39 is 16.1 Å². The maximum atomic E-state index is 13.4. The highest BCUT2D eigenvalue weighted by atomic mass is 35.5. The van der Waals surface area contributed by atoms with Gasteiger partial charge in [-0.2, -0.15) is 0 Å². The third kappa shape index (κ3) is 8.25. The van der Waals surface area contributed by atoms with E-state index in [-0.39, 0.29) is 24.8 Å². The Morgan fingerprint density at radius 3 is 2.29 bits per heavy atom. The van der Waals surface area contributed by atoms with Gasteiger partial charge in [0, 0.05) is 31.1 Å². The minimum atomic E-state index is -3.58. The van der Waals surface area contributed by atoms with Crippen molar-refractivity contribution in [1.29, 1.82) is 0 Å². The van der Waals surface area contributed by atoms with Gasteiger partial charge in [0.1, 0.15) is 6.04 Å². The molecule has 2 amide bonds. The highest BCUT2D eigenvalue weighted by Gasteiger charge is 2.28. The Balaban J connectivity index is 2.23. The molecule has 0 heterocycles. The number of likely N-dealkylation sites (N-methyl/N-ethyl adjacent to an activating group) is 1. The van der Waals surface area contributed by atoms with E-state index in [0.717, 1.165) is 22.9 Å². The van der Waals surface area contributed by atoms with Crippen LogP contribution in [0, 0.1) is 13.8 Å². The van der Waals surface area contributed by atoms with Crippen LogP contribution in [0.3, 0.4) is 0 Å². The second-order valence-electron chi connectivity index (χ2n) is 8.70. The van der Waals surface area contributed by atoms with Crippen molar-refractivity contribution < 1.29 is 18.0 Å². The van der Waals surface area contributed by atoms with E-state index in [1.54, 1.807) is 23.1 Å². The van der Waals surface area contributed by atoms with Gasteiger partial charge in [-0.05, 0) is 56.9 Å². The molecule has 0 aromatic heterocycles. The number of carbonyl (C=O) groups excluding carboxylic acids is 2. The summed E-state index contributed by atoms with van der Waals surface area (Å²) in [5, 5.41) is 3.26. The Hall–Kier alpha value is -2.58. The normalized spacial score (nSPS) is 12.2. The Kier molecular flexibility index (Phi) is 10.6. The molecular weight excluding hydrogens is 486 g/mol. The van der Waals surface area contributed by atoms with E-state index in [1.807, 2.05) is 52.0 Å². The van der Waals surface area contributed by atoms with Crippen LogP contribution in [-0.4, -0.2) is 50.5 Å². The van der Waals surface area contributed by atoms with Crippen LogP contribution in [0.2, 0.25) is 5.02 Å². The van der Waals surface area contributed by atoms with Gasteiger partial charge < -0.3 is 10.2 Å². The number of anilines is 1. The topological polar surface area (TPSA) is 86.8 Å². The van der Waals surface area contributed by atoms with Gasteiger partial charge in [-0.15, -0.1) is 0 Å². The summed E-state index contributed by atoms with van der Waals surface area (Å²) in [7, 11) is -3.58. The Labute approximate surface area is 214 Å². The SMILES string of the molecule is CCNC(=O)[C@@H](CC)N(Cc1ccc(C)cc1)C(=O)CCCN(c1cc(Cl)ccc1C)S(C)(=O)=O. The molecule has 1 atom stereocenters. The van der Waals surface area contributed by atoms with Crippen molar-refractivity contribution in [3.8, 4) is 0 Å². The minimum absolute atomic E-state index is 0.105. The van der Waals surface area contributed by atoms with Crippen LogP contribution in [0.1, 0.15) is 49.8 Å². The van der Waals surface area contributed by atoms with Crippen molar-refractivity contribution in [2.75, 3.05) is 23.7 Å². The number of aryl methyl sites for hydroxylation is 2. The summed E-state index contributed by atoms with van der Waals surface area (Å²) in [5.41, 5.74) is 3.31. The standard InChI is InChI=1S/C26H36ClN3O4S/c1-6-23(26(32)28-7-2)29(18-21-13-10-19(3)11-14-21)25(31)9-8-16-30(35(5,33)34)24-17-22(27)15-12-20(24)4/h10-15,17,23H,6-9,16,18H2,1-5H3,(H,28,32)/t23-/m1/s1. The van der Waals surface area contributed by atoms with Gasteiger partial charge in [0.05, 0.1) is 11.9 Å². The number of hydrogen-bond donors (Lipinski definition) is 1. The van der Waals surface area contributed by atoms with Crippen LogP contribution in [-0.2, 0) is 26.2 Å². The van der Waals surface area contributed by atoms with Crippen LogP contribution in [0.25, 0.3) is 0 Å². The lowest BCUT2D eigenvalue weighted by molar-refractivity contribution is -0.141. The molecule has 0 saturated carbocycles. The lowest BCUT2D eigenvalue weighted by atomic mass is 10.1. The Morgan fingerprint density at radius 1 is 1.06 bits per heavy atom. The number of hydrogen-bond acceptors (Lipinski definition) is 4. The van der Waals surface area contributed by atoms with E-state index in [0.29, 0.717) is 36.6 Å². The fourth-order valence-corrected chi connectivity index (χ4v) is 5.12. The van der Waals surface area contributed by atoms with Gasteiger partial charge >= 0.3 is 0 Å². The largest absolute Gasteiger partial charge is 0.355 e. The number of rotatable bonds is 12. The first-order valence-corrected chi connectivity index (χ1v) is 14.1. The van der Waals surface area contributed by atoms with E-state index in [4.69, 9.17) is 11.6 Å². The molecule has 2 aromatic rings. The molecule has 1 N–H and O–H groups in total. The molecule has 2 rings (SSSR count). The zero-order chi connectivity index (χ0) is 26.2. The molecule has 0 saturated heterocycles. The van der Waals surface area contributed by atoms with Crippen molar-refractivity contribution in [3.05, 3.63) is 64.2 Å². The molecule has 7 nitrogen and oxygen atoms in total. The average Bonchev–Trinajstić information content (AvgIpc) is 2.79.